The van der Waals surface area contributed by atoms with Gasteiger partial charge in [0.15, 0.2) is 0 Å². The van der Waals surface area contributed by atoms with Crippen molar-refractivity contribution in [2.45, 2.75) is 66.4 Å². The van der Waals surface area contributed by atoms with Gasteiger partial charge in [-0.15, -0.1) is 0 Å². The van der Waals surface area contributed by atoms with Crippen molar-refractivity contribution in [1.29, 1.82) is 0 Å². The number of nitrogens with zero attached hydrogens (tertiary/aromatic N) is 4. The van der Waals surface area contributed by atoms with Crippen LogP contribution in [-0.2, 0) is 22.6 Å². The summed E-state index contributed by atoms with van der Waals surface area (Å²) in [5.41, 5.74) is 4.60. The molecule has 0 aliphatic carbocycles. The number of aromatic nitrogens is 2. The highest BCUT2D eigenvalue weighted by atomic mass is 16.5. The minimum absolute atomic E-state index is 0.257. The summed E-state index contributed by atoms with van der Waals surface area (Å²) < 4.78 is 5.56. The summed E-state index contributed by atoms with van der Waals surface area (Å²) >= 11 is 0. The van der Waals surface area contributed by atoms with Gasteiger partial charge in [0.2, 0.25) is 5.91 Å². The fourth-order valence-electron chi connectivity index (χ4n) is 4.31. The topological polar surface area (TPSA) is 58.6 Å². The standard InChI is InChI=1S/C27H40N4O2/c1-7-21(5)26-28-24(18-33-6)23(17-22-10-8-9-20(4)16-22)27(29-26)31-13-11-30(12-14-31)25(32)15-19(2)3/h8-10,16,19,21H,7,11-15,17-18H2,1-6H3/t21-/m0/s1. The average Bonchev–Trinajstić information content (AvgIpc) is 2.79. The van der Waals surface area contributed by atoms with E-state index < -0.39 is 0 Å². The van der Waals surface area contributed by atoms with Gasteiger partial charge in [0.05, 0.1) is 12.3 Å². The van der Waals surface area contributed by atoms with Crippen LogP contribution in [0.2, 0.25) is 0 Å². The lowest BCUT2D eigenvalue weighted by Gasteiger charge is -2.37. The Morgan fingerprint density at radius 1 is 1.12 bits per heavy atom. The molecule has 1 aliphatic rings. The van der Waals surface area contributed by atoms with Crippen LogP contribution in [0.4, 0.5) is 5.82 Å². The zero-order chi connectivity index (χ0) is 24.0. The second-order valence-electron chi connectivity index (χ2n) is 9.70. The van der Waals surface area contributed by atoms with E-state index in [1.54, 1.807) is 7.11 Å². The number of hydrogen-bond acceptors (Lipinski definition) is 5. The summed E-state index contributed by atoms with van der Waals surface area (Å²) in [5.74, 6) is 2.80. The van der Waals surface area contributed by atoms with Crippen LogP contribution in [0.25, 0.3) is 0 Å². The van der Waals surface area contributed by atoms with Crippen molar-refractivity contribution in [3.63, 3.8) is 0 Å². The quantitative estimate of drug-likeness (QED) is 0.550. The van der Waals surface area contributed by atoms with Gasteiger partial charge in [0, 0.05) is 57.6 Å². The van der Waals surface area contributed by atoms with Crippen molar-refractivity contribution in [1.82, 2.24) is 14.9 Å². The van der Waals surface area contributed by atoms with E-state index in [1.165, 1.54) is 11.1 Å². The summed E-state index contributed by atoms with van der Waals surface area (Å²) in [7, 11) is 1.72. The van der Waals surface area contributed by atoms with Crippen LogP contribution in [0.3, 0.4) is 0 Å². The van der Waals surface area contributed by atoms with Crippen LogP contribution in [0.5, 0.6) is 0 Å². The van der Waals surface area contributed by atoms with Gasteiger partial charge in [-0.2, -0.15) is 0 Å². The Hall–Kier alpha value is -2.47. The van der Waals surface area contributed by atoms with E-state index in [0.29, 0.717) is 18.9 Å². The van der Waals surface area contributed by atoms with E-state index >= 15 is 0 Å². The van der Waals surface area contributed by atoms with Gasteiger partial charge < -0.3 is 14.5 Å². The number of benzene rings is 1. The Kier molecular flexibility index (Phi) is 8.84. The Balaban J connectivity index is 1.95. The minimum Gasteiger partial charge on any atom is -0.378 e. The molecule has 0 bridgehead atoms. The molecule has 2 aromatic rings. The van der Waals surface area contributed by atoms with Gasteiger partial charge in [0.1, 0.15) is 11.6 Å². The molecule has 2 heterocycles. The van der Waals surface area contributed by atoms with Gasteiger partial charge >= 0.3 is 0 Å². The van der Waals surface area contributed by atoms with Crippen LogP contribution < -0.4 is 4.90 Å². The normalized spacial score (nSPS) is 15.2. The first kappa shape index (κ1) is 25.2. The zero-order valence-corrected chi connectivity index (χ0v) is 21.2. The van der Waals surface area contributed by atoms with Crippen LogP contribution in [0, 0.1) is 12.8 Å². The Morgan fingerprint density at radius 2 is 1.85 bits per heavy atom. The molecule has 1 fully saturated rings. The van der Waals surface area contributed by atoms with Crippen molar-refractivity contribution in [2.24, 2.45) is 5.92 Å². The third-order valence-electron chi connectivity index (χ3n) is 6.40. The number of anilines is 1. The third-order valence-corrected chi connectivity index (χ3v) is 6.40. The molecular weight excluding hydrogens is 412 g/mol. The Morgan fingerprint density at radius 3 is 2.45 bits per heavy atom. The number of piperazine rings is 1. The molecule has 180 valence electrons. The summed E-state index contributed by atoms with van der Waals surface area (Å²) in [4.78, 5) is 27.0. The predicted molar refractivity (Wildman–Crippen MR) is 134 cm³/mol. The first-order valence-corrected chi connectivity index (χ1v) is 12.3. The number of aryl methyl sites for hydroxylation is 1. The molecule has 0 unspecified atom stereocenters. The first-order valence-electron chi connectivity index (χ1n) is 12.3. The summed E-state index contributed by atoms with van der Waals surface area (Å²) in [6.45, 7) is 14.2. The number of ether oxygens (including phenoxy) is 1. The molecule has 0 spiro atoms. The van der Waals surface area contributed by atoms with Gasteiger partial charge in [-0.05, 0) is 24.8 Å². The van der Waals surface area contributed by atoms with Crippen LogP contribution >= 0.6 is 0 Å². The molecule has 3 rings (SSSR count). The summed E-state index contributed by atoms with van der Waals surface area (Å²) in [5, 5.41) is 0. The molecule has 0 N–H and O–H groups in total. The molecule has 1 aromatic heterocycles. The lowest BCUT2D eigenvalue weighted by Crippen LogP contribution is -2.49. The summed E-state index contributed by atoms with van der Waals surface area (Å²) in [6, 6.07) is 8.62. The van der Waals surface area contributed by atoms with Crippen molar-refractivity contribution >= 4 is 11.7 Å². The average molecular weight is 453 g/mol. The van der Waals surface area contributed by atoms with Crippen molar-refractivity contribution < 1.29 is 9.53 Å². The number of amides is 1. The van der Waals surface area contributed by atoms with Crippen molar-refractivity contribution in [2.75, 3.05) is 38.2 Å². The fraction of sp³-hybridized carbons (Fsp3) is 0.593. The Bertz CT molecular complexity index is 936. The summed E-state index contributed by atoms with van der Waals surface area (Å²) in [6.07, 6.45) is 2.37. The predicted octanol–water partition coefficient (Wildman–Crippen LogP) is 4.73. The molecule has 6 nitrogen and oxygen atoms in total. The SMILES string of the molecule is CC[C@H](C)c1nc(COC)c(Cc2cccc(C)c2)c(N2CCN(C(=O)CC(C)C)CC2)n1. The monoisotopic (exact) mass is 452 g/mol. The molecule has 1 amide bonds. The third kappa shape index (κ3) is 6.53. The van der Waals surface area contributed by atoms with E-state index in [9.17, 15) is 4.79 Å². The number of carbonyl (C=O) groups is 1. The van der Waals surface area contributed by atoms with Crippen LogP contribution in [-0.4, -0.2) is 54.1 Å². The van der Waals surface area contributed by atoms with Gasteiger partial charge in [-0.3, -0.25) is 4.79 Å². The molecule has 1 aliphatic heterocycles. The zero-order valence-electron chi connectivity index (χ0n) is 21.2. The highest BCUT2D eigenvalue weighted by molar-refractivity contribution is 5.76. The van der Waals surface area contributed by atoms with Gasteiger partial charge in [-0.25, -0.2) is 9.97 Å². The lowest BCUT2D eigenvalue weighted by atomic mass is 10.0. The lowest BCUT2D eigenvalue weighted by molar-refractivity contribution is -0.132. The highest BCUT2D eigenvalue weighted by Gasteiger charge is 2.26. The first-order chi connectivity index (χ1) is 15.8. The Labute approximate surface area is 199 Å². The molecule has 0 saturated carbocycles. The second kappa shape index (κ2) is 11.6. The van der Waals surface area contributed by atoms with Gasteiger partial charge in [-0.1, -0.05) is 57.5 Å². The molecular formula is C27H40N4O2. The number of rotatable bonds is 9. The highest BCUT2D eigenvalue weighted by Crippen LogP contribution is 2.29. The number of hydrogen-bond donors (Lipinski definition) is 0. The molecule has 1 aromatic carbocycles. The van der Waals surface area contributed by atoms with E-state index in [1.807, 2.05) is 4.90 Å². The van der Waals surface area contributed by atoms with E-state index in [4.69, 9.17) is 14.7 Å². The van der Waals surface area contributed by atoms with Gasteiger partial charge in [0.25, 0.3) is 0 Å². The largest absolute Gasteiger partial charge is 0.378 e. The molecule has 1 saturated heterocycles. The smallest absolute Gasteiger partial charge is 0.222 e. The number of carbonyl (C=O) groups excluding carboxylic acids is 1. The van der Waals surface area contributed by atoms with Crippen LogP contribution in [0.1, 0.15) is 74.7 Å². The van der Waals surface area contributed by atoms with Crippen molar-refractivity contribution in [3.8, 4) is 0 Å². The molecule has 1 atom stereocenters. The maximum atomic E-state index is 12.6. The number of methoxy groups -OCH3 is 1. The molecule has 6 heteroatoms. The second-order valence-corrected chi connectivity index (χ2v) is 9.70. The molecule has 33 heavy (non-hydrogen) atoms. The fourth-order valence-corrected chi connectivity index (χ4v) is 4.31. The van der Waals surface area contributed by atoms with Crippen molar-refractivity contribution in [3.05, 3.63) is 52.5 Å². The maximum Gasteiger partial charge on any atom is 0.222 e. The van der Waals surface area contributed by atoms with Crippen LogP contribution in [0.15, 0.2) is 24.3 Å². The maximum absolute atomic E-state index is 12.6. The van der Waals surface area contributed by atoms with E-state index in [2.05, 4.69) is 63.8 Å². The minimum atomic E-state index is 0.257. The molecule has 0 radical (unpaired) electrons. The van der Waals surface area contributed by atoms with E-state index in [0.717, 1.165) is 61.9 Å². The van der Waals surface area contributed by atoms with E-state index in [-0.39, 0.29) is 11.8 Å².